The molecule has 0 saturated carbocycles. The maximum atomic E-state index is 13.5. The molecule has 8 heteroatoms. The molecule has 0 aliphatic carbocycles. The summed E-state index contributed by atoms with van der Waals surface area (Å²) >= 11 is 1.62. The quantitative estimate of drug-likeness (QED) is 0.608. The van der Waals surface area contributed by atoms with E-state index in [2.05, 4.69) is 4.57 Å². The minimum absolute atomic E-state index is 0.0851. The number of benzene rings is 1. The number of nitrogens with zero attached hydrogens (tertiary/aromatic N) is 3. The molecular weight excluding hydrogens is 424 g/mol. The van der Waals surface area contributed by atoms with Crippen LogP contribution in [-0.2, 0) is 13.0 Å². The Morgan fingerprint density at radius 1 is 1.31 bits per heavy atom. The van der Waals surface area contributed by atoms with Crippen LogP contribution in [0.3, 0.4) is 0 Å². The first kappa shape index (κ1) is 22.4. The van der Waals surface area contributed by atoms with Crippen LogP contribution in [0.5, 0.6) is 11.5 Å². The number of nitrogens with two attached hydrogens (primary N) is 1. The van der Waals surface area contributed by atoms with E-state index in [0.29, 0.717) is 37.0 Å². The Hall–Kier alpha value is -2.84. The number of thiophene rings is 1. The van der Waals surface area contributed by atoms with Gasteiger partial charge < -0.3 is 24.7 Å². The number of carbonyl (C=O) groups is 1. The third-order valence-electron chi connectivity index (χ3n) is 5.85. The number of ether oxygens (including phenoxy) is 2. The second-order valence-corrected chi connectivity index (χ2v) is 9.79. The Bertz CT molecular complexity index is 1130. The summed E-state index contributed by atoms with van der Waals surface area (Å²) < 4.78 is 13.5. The number of carbonyl (C=O) groups excluding carboxylic acids is 1. The van der Waals surface area contributed by atoms with Crippen molar-refractivity contribution in [3.8, 4) is 33.3 Å². The Labute approximate surface area is 192 Å². The van der Waals surface area contributed by atoms with Crippen LogP contribution in [0.25, 0.3) is 21.8 Å². The zero-order chi connectivity index (χ0) is 23.0. The number of aryl methyl sites for hydroxylation is 1. The Kier molecular flexibility index (Phi) is 6.01. The monoisotopic (exact) mass is 454 g/mol. The Balaban J connectivity index is 1.92. The third-order valence-corrected chi connectivity index (χ3v) is 6.73. The fourth-order valence-corrected chi connectivity index (χ4v) is 4.56. The average molecular weight is 455 g/mol. The molecule has 0 saturated heterocycles. The lowest BCUT2D eigenvalue weighted by Crippen LogP contribution is -2.43. The van der Waals surface area contributed by atoms with Crippen LogP contribution in [0.2, 0.25) is 0 Å². The number of hydrogen-bond donors (Lipinski definition) is 1. The minimum Gasteiger partial charge on any atom is -0.493 e. The van der Waals surface area contributed by atoms with Gasteiger partial charge >= 0.3 is 0 Å². The van der Waals surface area contributed by atoms with Gasteiger partial charge in [-0.05, 0) is 56.3 Å². The zero-order valence-corrected chi connectivity index (χ0v) is 20.1. The summed E-state index contributed by atoms with van der Waals surface area (Å²) in [5.41, 5.74) is 9.26. The molecule has 170 valence electrons. The summed E-state index contributed by atoms with van der Waals surface area (Å²) in [6.45, 7) is 7.55. The first-order valence-electron chi connectivity index (χ1n) is 10.7. The highest BCUT2D eigenvalue weighted by Crippen LogP contribution is 2.44. The van der Waals surface area contributed by atoms with Gasteiger partial charge in [-0.15, -0.1) is 11.3 Å². The van der Waals surface area contributed by atoms with E-state index < -0.39 is 0 Å². The lowest BCUT2D eigenvalue weighted by molar-refractivity contribution is 0.0638. The third kappa shape index (κ3) is 3.89. The lowest BCUT2D eigenvalue weighted by atomic mass is 9.96. The van der Waals surface area contributed by atoms with Gasteiger partial charge in [0.05, 0.1) is 17.7 Å². The highest BCUT2D eigenvalue weighted by molar-refractivity contribution is 7.13. The van der Waals surface area contributed by atoms with E-state index in [-0.39, 0.29) is 11.4 Å². The molecule has 0 bridgehead atoms. The van der Waals surface area contributed by atoms with Crippen molar-refractivity contribution in [1.82, 2.24) is 14.5 Å². The van der Waals surface area contributed by atoms with E-state index >= 15 is 0 Å². The predicted molar refractivity (Wildman–Crippen MR) is 128 cm³/mol. The van der Waals surface area contributed by atoms with Gasteiger partial charge in [-0.1, -0.05) is 6.07 Å². The van der Waals surface area contributed by atoms with Crippen LogP contribution >= 0.6 is 11.3 Å². The van der Waals surface area contributed by atoms with Gasteiger partial charge in [0.2, 0.25) is 0 Å². The predicted octanol–water partition coefficient (Wildman–Crippen LogP) is 4.05. The molecule has 32 heavy (non-hydrogen) atoms. The molecule has 2 N–H and O–H groups in total. The van der Waals surface area contributed by atoms with E-state index in [1.54, 1.807) is 23.3 Å². The van der Waals surface area contributed by atoms with E-state index in [1.807, 2.05) is 57.5 Å². The molecule has 2 aromatic heterocycles. The van der Waals surface area contributed by atoms with E-state index in [4.69, 9.17) is 20.2 Å². The van der Waals surface area contributed by atoms with Crippen LogP contribution < -0.4 is 15.2 Å². The number of methoxy groups -OCH3 is 1. The van der Waals surface area contributed by atoms with E-state index in [1.165, 1.54) is 0 Å². The van der Waals surface area contributed by atoms with Crippen LogP contribution in [0, 0.1) is 0 Å². The van der Waals surface area contributed by atoms with Crippen LogP contribution in [0.4, 0.5) is 0 Å². The van der Waals surface area contributed by atoms with Crippen molar-refractivity contribution < 1.29 is 14.3 Å². The van der Waals surface area contributed by atoms with Crippen LogP contribution in [0.15, 0.2) is 29.6 Å². The number of fused-ring (bicyclic) bond motifs is 3. The molecule has 1 amide bonds. The second-order valence-electron chi connectivity index (χ2n) is 8.84. The molecule has 0 fully saturated rings. The SMILES string of the molecule is COc1cc2c(cc1OCCN)-c1c(-c3cccs3)nc(C(=O)N(C)C(C)(C)C)n1CC2. The highest BCUT2D eigenvalue weighted by atomic mass is 32.1. The van der Waals surface area contributed by atoms with Gasteiger partial charge in [0.1, 0.15) is 12.3 Å². The normalized spacial score (nSPS) is 12.8. The fourth-order valence-electron chi connectivity index (χ4n) is 3.85. The molecule has 0 spiro atoms. The number of rotatable bonds is 6. The molecule has 1 aromatic carbocycles. The molecule has 4 rings (SSSR count). The Morgan fingerprint density at radius 2 is 2.09 bits per heavy atom. The van der Waals surface area contributed by atoms with Crippen molar-refractivity contribution in [1.29, 1.82) is 0 Å². The molecule has 7 nitrogen and oxygen atoms in total. The minimum atomic E-state index is -0.310. The fraction of sp³-hybridized carbons (Fsp3) is 0.417. The summed E-state index contributed by atoms with van der Waals surface area (Å²) in [6, 6.07) is 8.06. The summed E-state index contributed by atoms with van der Waals surface area (Å²) in [5, 5.41) is 2.03. The topological polar surface area (TPSA) is 82.6 Å². The molecule has 0 atom stereocenters. The summed E-state index contributed by atoms with van der Waals surface area (Å²) in [7, 11) is 3.47. The molecule has 3 aromatic rings. The zero-order valence-electron chi connectivity index (χ0n) is 19.3. The van der Waals surface area contributed by atoms with E-state index in [0.717, 1.165) is 33.8 Å². The summed E-state index contributed by atoms with van der Waals surface area (Å²) in [6.07, 6.45) is 0.773. The largest absolute Gasteiger partial charge is 0.493 e. The van der Waals surface area contributed by atoms with Gasteiger partial charge in [-0.2, -0.15) is 0 Å². The summed E-state index contributed by atoms with van der Waals surface area (Å²) in [4.78, 5) is 21.1. The lowest BCUT2D eigenvalue weighted by Gasteiger charge is -2.32. The summed E-state index contributed by atoms with van der Waals surface area (Å²) in [5.74, 6) is 1.71. The average Bonchev–Trinajstić information content (AvgIpc) is 3.43. The van der Waals surface area contributed by atoms with Crippen molar-refractivity contribution in [3.63, 3.8) is 0 Å². The number of hydrogen-bond acceptors (Lipinski definition) is 6. The smallest absolute Gasteiger partial charge is 0.290 e. The Morgan fingerprint density at radius 3 is 2.72 bits per heavy atom. The van der Waals surface area contributed by atoms with Crippen molar-refractivity contribution in [2.75, 3.05) is 27.3 Å². The van der Waals surface area contributed by atoms with Gasteiger partial charge in [-0.3, -0.25) is 4.79 Å². The molecule has 0 unspecified atom stereocenters. The molecule has 0 radical (unpaired) electrons. The standard InChI is InChI=1S/C24H30N4O3S/c1-24(2,3)27(4)23(29)22-26-20(19-7-6-12-32-19)21-16-14-18(31-11-9-25)17(30-5)13-15(16)8-10-28(21)22/h6-7,12-14H,8-11,25H2,1-5H3. The van der Waals surface area contributed by atoms with Gasteiger partial charge in [0, 0.05) is 31.2 Å². The van der Waals surface area contributed by atoms with Gasteiger partial charge in [0.15, 0.2) is 17.3 Å². The molecule has 3 heterocycles. The first-order valence-corrected chi connectivity index (χ1v) is 11.6. The number of aromatic nitrogens is 2. The van der Waals surface area contributed by atoms with Crippen LogP contribution in [0.1, 0.15) is 37.0 Å². The van der Waals surface area contributed by atoms with Crippen molar-refractivity contribution in [2.45, 2.75) is 39.3 Å². The number of amides is 1. The van der Waals surface area contributed by atoms with Crippen LogP contribution in [-0.4, -0.2) is 53.2 Å². The maximum absolute atomic E-state index is 13.5. The van der Waals surface area contributed by atoms with Crippen molar-refractivity contribution in [3.05, 3.63) is 41.0 Å². The number of imidazole rings is 1. The van der Waals surface area contributed by atoms with Gasteiger partial charge in [0.25, 0.3) is 5.91 Å². The first-order chi connectivity index (χ1) is 15.3. The molecule has 1 aliphatic heterocycles. The van der Waals surface area contributed by atoms with Gasteiger partial charge in [-0.25, -0.2) is 4.98 Å². The molecular formula is C24H30N4O3S. The maximum Gasteiger partial charge on any atom is 0.290 e. The molecule has 1 aliphatic rings. The van der Waals surface area contributed by atoms with Crippen molar-refractivity contribution >= 4 is 17.2 Å². The highest BCUT2D eigenvalue weighted by Gasteiger charge is 2.33. The second kappa shape index (κ2) is 8.60. The van der Waals surface area contributed by atoms with E-state index in [9.17, 15) is 4.79 Å². The van der Waals surface area contributed by atoms with Crippen molar-refractivity contribution in [2.24, 2.45) is 5.73 Å².